The number of rotatable bonds is 3. The number of aliphatic carboxylic acids is 2. The van der Waals surface area contributed by atoms with E-state index >= 15 is 0 Å². The van der Waals surface area contributed by atoms with Gasteiger partial charge in [0.25, 0.3) is 0 Å². The summed E-state index contributed by atoms with van der Waals surface area (Å²) in [6.07, 6.45) is -3.59. The Morgan fingerprint density at radius 3 is 2.20 bits per heavy atom. The van der Waals surface area contributed by atoms with Gasteiger partial charge in [-0.15, -0.1) is 0 Å². The van der Waals surface area contributed by atoms with Crippen molar-refractivity contribution in [2.24, 2.45) is 0 Å². The summed E-state index contributed by atoms with van der Waals surface area (Å²) in [5, 5.41) is 19.1. The minimum atomic E-state index is -5.19. The van der Waals surface area contributed by atoms with Crippen molar-refractivity contribution in [1.82, 2.24) is 0 Å². The number of hydrogen-bond acceptors (Lipinski definition) is 5. The van der Waals surface area contributed by atoms with Crippen molar-refractivity contribution < 1.29 is 47.8 Å². The van der Waals surface area contributed by atoms with Crippen molar-refractivity contribution in [3.05, 3.63) is 0 Å². The van der Waals surface area contributed by atoms with Crippen molar-refractivity contribution in [2.75, 3.05) is 7.11 Å². The van der Waals surface area contributed by atoms with E-state index in [0.717, 1.165) is 6.42 Å². The van der Waals surface area contributed by atoms with Crippen molar-refractivity contribution in [3.8, 4) is 0 Å². The van der Waals surface area contributed by atoms with Gasteiger partial charge in [-0.3, -0.25) is 4.79 Å². The molecule has 0 spiro atoms. The van der Waals surface area contributed by atoms with Crippen LogP contribution in [0.15, 0.2) is 0 Å². The molecule has 1 aliphatic heterocycles. The van der Waals surface area contributed by atoms with Crippen LogP contribution in [0.4, 0.5) is 13.2 Å². The number of carbonyl (C=O) groups excluding carboxylic acids is 2. The molecule has 0 aromatic heterocycles. The lowest BCUT2D eigenvalue weighted by Gasteiger charge is -2.07. The summed E-state index contributed by atoms with van der Waals surface area (Å²) >= 11 is 0. The molecule has 0 aliphatic carbocycles. The number of halogens is 3. The van der Waals surface area contributed by atoms with Gasteiger partial charge in [0.1, 0.15) is 5.97 Å². The number of carboxylic acids is 2. The molecule has 0 saturated carbocycles. The highest BCUT2D eigenvalue weighted by atomic mass is 19.4. The average molecular weight is 301 g/mol. The number of esters is 1. The fourth-order valence-electron chi connectivity index (χ4n) is 1.66. The van der Waals surface area contributed by atoms with E-state index in [1.165, 1.54) is 7.11 Å². The maximum Gasteiger partial charge on any atom is 0.430 e. The van der Waals surface area contributed by atoms with Crippen LogP contribution in [-0.4, -0.2) is 48.4 Å². The predicted octanol–water partition coefficient (Wildman–Crippen LogP) is -1.97. The molecule has 7 nitrogen and oxygen atoms in total. The zero-order valence-corrected chi connectivity index (χ0v) is 10.5. The Morgan fingerprint density at radius 1 is 1.35 bits per heavy atom. The second-order valence-electron chi connectivity index (χ2n) is 4.04. The normalized spacial score (nSPS) is 21.6. The van der Waals surface area contributed by atoms with Gasteiger partial charge in [0, 0.05) is 12.8 Å². The highest BCUT2D eigenvalue weighted by Crippen LogP contribution is 2.11. The summed E-state index contributed by atoms with van der Waals surface area (Å²) < 4.78 is 36.1. The fourth-order valence-corrected chi connectivity index (χ4v) is 1.66. The van der Waals surface area contributed by atoms with E-state index in [-0.39, 0.29) is 24.5 Å². The molecule has 116 valence electrons. The molecule has 0 radical (unpaired) electrons. The smallest absolute Gasteiger partial charge is 0.430 e. The predicted molar refractivity (Wildman–Crippen MR) is 54.1 cm³/mol. The molecule has 0 aromatic carbocycles. The van der Waals surface area contributed by atoms with Gasteiger partial charge in [-0.05, 0) is 0 Å². The summed E-state index contributed by atoms with van der Waals surface area (Å²) in [6, 6.07) is -0.170. The van der Waals surface area contributed by atoms with Gasteiger partial charge in [0.2, 0.25) is 0 Å². The number of ether oxygens (including phenoxy) is 1. The second-order valence-corrected chi connectivity index (χ2v) is 4.04. The van der Waals surface area contributed by atoms with Crippen LogP contribution < -0.4 is 10.4 Å². The topological polar surface area (TPSA) is 120 Å². The standard InChI is InChI=1S/C8H13NO4.C2HF3O2/c1-13-8(12)6-3-2-5(9-6)4-7(10)11;3-2(4,5)1(6)7/h5-6,9H,2-4H2,1H3,(H,10,11);(H,6,7)/t5-,6+;/m1./s1. The molecule has 1 fully saturated rings. The quantitative estimate of drug-likeness (QED) is 0.583. The van der Waals surface area contributed by atoms with Gasteiger partial charge in [-0.1, -0.05) is 0 Å². The number of methoxy groups -OCH3 is 1. The van der Waals surface area contributed by atoms with Gasteiger partial charge in [0.15, 0.2) is 6.04 Å². The lowest BCUT2D eigenvalue weighted by atomic mass is 10.1. The summed E-state index contributed by atoms with van der Waals surface area (Å²) in [6.45, 7) is 0. The lowest BCUT2D eigenvalue weighted by Crippen LogP contribution is -2.93. The first-order valence-corrected chi connectivity index (χ1v) is 5.50. The number of quaternary nitrogens is 1. The molecule has 0 unspecified atom stereocenters. The number of carboxylic acid groups (broad SMARTS) is 2. The monoisotopic (exact) mass is 301 g/mol. The summed E-state index contributed by atoms with van der Waals surface area (Å²) in [4.78, 5) is 30.2. The minimum Gasteiger partial charge on any atom is -0.542 e. The van der Waals surface area contributed by atoms with Gasteiger partial charge < -0.3 is 25.1 Å². The van der Waals surface area contributed by atoms with E-state index in [1.54, 1.807) is 5.32 Å². The molecule has 0 aromatic rings. The molecule has 20 heavy (non-hydrogen) atoms. The first kappa shape index (κ1) is 18.2. The van der Waals surface area contributed by atoms with Crippen LogP contribution in [0.3, 0.4) is 0 Å². The average Bonchev–Trinajstić information content (AvgIpc) is 2.75. The first-order valence-electron chi connectivity index (χ1n) is 5.50. The largest absolute Gasteiger partial charge is 0.542 e. The van der Waals surface area contributed by atoms with Gasteiger partial charge in [-0.25, -0.2) is 4.79 Å². The van der Waals surface area contributed by atoms with Crippen molar-refractivity contribution in [2.45, 2.75) is 37.5 Å². The Hall–Kier alpha value is -1.84. The highest BCUT2D eigenvalue weighted by Gasteiger charge is 2.35. The van der Waals surface area contributed by atoms with E-state index in [2.05, 4.69) is 4.74 Å². The Bertz CT molecular complexity index is 370. The third-order valence-corrected chi connectivity index (χ3v) is 2.53. The maximum atomic E-state index is 11.0. The van der Waals surface area contributed by atoms with Crippen LogP contribution in [0, 0.1) is 0 Å². The number of hydrogen-bond donors (Lipinski definition) is 2. The third kappa shape index (κ3) is 6.92. The summed E-state index contributed by atoms with van der Waals surface area (Å²) in [7, 11) is 1.35. The molecular weight excluding hydrogens is 287 g/mol. The molecule has 1 aliphatic rings. The van der Waals surface area contributed by atoms with Crippen LogP contribution in [0.1, 0.15) is 19.3 Å². The van der Waals surface area contributed by atoms with E-state index in [4.69, 9.17) is 15.0 Å². The second kappa shape index (κ2) is 7.68. The number of nitrogens with two attached hydrogens (primary N) is 1. The SMILES string of the molecule is COC(=O)[C@@H]1CC[C@H](CC(=O)O)[NH2+]1.O=C([O-])C(F)(F)F. The van der Waals surface area contributed by atoms with Crippen molar-refractivity contribution >= 4 is 17.9 Å². The molecule has 1 heterocycles. The van der Waals surface area contributed by atoms with Gasteiger partial charge in [0.05, 0.1) is 19.6 Å². The fraction of sp³-hybridized carbons (Fsp3) is 0.700. The first-order chi connectivity index (χ1) is 9.07. The molecule has 1 saturated heterocycles. The van der Waals surface area contributed by atoms with E-state index < -0.39 is 18.1 Å². The Balaban J connectivity index is 0.000000441. The molecule has 2 atom stereocenters. The van der Waals surface area contributed by atoms with E-state index in [0.29, 0.717) is 6.42 Å². The van der Waals surface area contributed by atoms with Crippen LogP contribution in [0.5, 0.6) is 0 Å². The van der Waals surface area contributed by atoms with Crippen molar-refractivity contribution in [3.63, 3.8) is 0 Å². The van der Waals surface area contributed by atoms with Gasteiger partial charge >= 0.3 is 18.1 Å². The zero-order chi connectivity index (χ0) is 15.9. The molecule has 0 bridgehead atoms. The van der Waals surface area contributed by atoms with Crippen LogP contribution in [0.2, 0.25) is 0 Å². The highest BCUT2D eigenvalue weighted by molar-refractivity contribution is 5.74. The van der Waals surface area contributed by atoms with E-state index in [9.17, 15) is 22.8 Å². The minimum absolute atomic E-state index is 0.0293. The number of carbonyl (C=O) groups is 3. The van der Waals surface area contributed by atoms with E-state index in [1.807, 2.05) is 0 Å². The zero-order valence-electron chi connectivity index (χ0n) is 10.5. The third-order valence-electron chi connectivity index (χ3n) is 2.53. The van der Waals surface area contributed by atoms with Gasteiger partial charge in [-0.2, -0.15) is 13.2 Å². The van der Waals surface area contributed by atoms with Crippen LogP contribution in [0.25, 0.3) is 0 Å². The Kier molecular flexibility index (Phi) is 6.97. The van der Waals surface area contributed by atoms with Crippen LogP contribution >= 0.6 is 0 Å². The molecule has 10 heteroatoms. The Morgan fingerprint density at radius 2 is 1.85 bits per heavy atom. The van der Waals surface area contributed by atoms with Crippen molar-refractivity contribution in [1.29, 1.82) is 0 Å². The molecule has 0 amide bonds. The van der Waals surface area contributed by atoms with Crippen LogP contribution in [-0.2, 0) is 19.1 Å². The molecular formula is C10H14F3NO6. The lowest BCUT2D eigenvalue weighted by molar-refractivity contribution is -0.690. The Labute approximate surface area is 111 Å². The maximum absolute atomic E-state index is 11.0. The number of alkyl halides is 3. The summed E-state index contributed by atoms with van der Waals surface area (Å²) in [5.74, 6) is -4.08. The molecule has 3 N–H and O–H groups in total. The molecule has 1 rings (SSSR count). The summed E-state index contributed by atoms with van der Waals surface area (Å²) in [5.41, 5.74) is 0.